The summed E-state index contributed by atoms with van der Waals surface area (Å²) in [6.07, 6.45) is 8.79. The zero-order valence-corrected chi connectivity index (χ0v) is 21.9. The van der Waals surface area contributed by atoms with E-state index in [2.05, 4.69) is 42.5 Å². The largest absolute Gasteiger partial charge is 0.465 e. The van der Waals surface area contributed by atoms with Gasteiger partial charge < -0.3 is 19.8 Å². The highest BCUT2D eigenvalue weighted by Crippen LogP contribution is 2.38. The number of anilines is 3. The first-order valence-corrected chi connectivity index (χ1v) is 13.1. The number of carbonyl (C=O) groups excluding carboxylic acids is 1. The summed E-state index contributed by atoms with van der Waals surface area (Å²) in [6.45, 7) is 3.14. The monoisotopic (exact) mass is 529 g/mol. The van der Waals surface area contributed by atoms with E-state index >= 15 is 0 Å². The van der Waals surface area contributed by atoms with Crippen LogP contribution >= 0.6 is 0 Å². The second-order valence-electron chi connectivity index (χ2n) is 10.00. The highest BCUT2D eigenvalue weighted by molar-refractivity contribution is 5.88. The molecule has 3 aliphatic rings. The third-order valence-electron chi connectivity index (χ3n) is 6.96. The van der Waals surface area contributed by atoms with E-state index in [0.717, 1.165) is 18.5 Å². The van der Waals surface area contributed by atoms with Gasteiger partial charge in [0.15, 0.2) is 5.82 Å². The maximum Gasteiger partial charge on any atom is 0.410 e. The molecule has 2 aromatic rings. The van der Waals surface area contributed by atoms with Gasteiger partial charge in [0.25, 0.3) is 0 Å². The molecule has 2 aromatic heterocycles. The molecule has 1 saturated carbocycles. The zero-order valence-electron chi connectivity index (χ0n) is 21.9. The number of nitrogens with zero attached hydrogens (tertiary/aromatic N) is 7. The van der Waals surface area contributed by atoms with Crippen LogP contribution in [0.4, 0.5) is 31.6 Å². The fourth-order valence-corrected chi connectivity index (χ4v) is 4.52. The second kappa shape index (κ2) is 12.8. The molecule has 4 heterocycles. The molecular weight excluding hydrogens is 493 g/mol. The molecule has 206 valence electrons. The first kappa shape index (κ1) is 27.4. The number of carbonyl (C=O) groups is 2. The number of piperidine rings is 2. The molecule has 2 aliphatic heterocycles. The SMILES string of the molecule is CN(C(=O)Nc1cnc(C2CC2)cn1)C1CN(c2nccc(NC(=O)O)n2)CCC1F.CN1CCCCC1. The minimum atomic E-state index is -1.24. The number of urea groups is 1. The van der Waals surface area contributed by atoms with Crippen molar-refractivity contribution in [2.45, 2.75) is 56.7 Å². The van der Waals surface area contributed by atoms with Crippen molar-refractivity contribution in [1.29, 1.82) is 0 Å². The molecule has 13 heteroatoms. The van der Waals surface area contributed by atoms with Crippen molar-refractivity contribution in [3.8, 4) is 0 Å². The molecule has 0 aromatic carbocycles. The molecule has 3 amide bonds. The van der Waals surface area contributed by atoms with Gasteiger partial charge in [-0.05, 0) is 58.3 Å². The van der Waals surface area contributed by atoms with E-state index < -0.39 is 24.3 Å². The van der Waals surface area contributed by atoms with E-state index in [1.807, 2.05) is 0 Å². The highest BCUT2D eigenvalue weighted by atomic mass is 19.1. The number of carboxylic acid groups (broad SMARTS) is 1. The lowest BCUT2D eigenvalue weighted by Gasteiger charge is -2.39. The molecule has 5 rings (SSSR count). The minimum absolute atomic E-state index is 0.121. The van der Waals surface area contributed by atoms with Gasteiger partial charge in [-0.1, -0.05) is 6.42 Å². The summed E-state index contributed by atoms with van der Waals surface area (Å²) >= 11 is 0. The summed E-state index contributed by atoms with van der Waals surface area (Å²) in [4.78, 5) is 45.8. The lowest BCUT2D eigenvalue weighted by atomic mass is 10.0. The smallest absolute Gasteiger partial charge is 0.410 e. The summed E-state index contributed by atoms with van der Waals surface area (Å²) in [6, 6.07) is 0.184. The van der Waals surface area contributed by atoms with Gasteiger partial charge in [0, 0.05) is 32.3 Å². The number of hydrogen-bond donors (Lipinski definition) is 3. The Morgan fingerprint density at radius 2 is 1.79 bits per heavy atom. The van der Waals surface area contributed by atoms with Gasteiger partial charge in [-0.2, -0.15) is 4.98 Å². The lowest BCUT2D eigenvalue weighted by Crippen LogP contribution is -2.55. The van der Waals surface area contributed by atoms with E-state index in [1.54, 1.807) is 11.1 Å². The summed E-state index contributed by atoms with van der Waals surface area (Å²) in [5.41, 5.74) is 0.915. The van der Waals surface area contributed by atoms with Crippen molar-refractivity contribution in [1.82, 2.24) is 29.7 Å². The molecule has 2 saturated heterocycles. The molecular formula is C25H36FN9O3. The molecule has 3 fully saturated rings. The lowest BCUT2D eigenvalue weighted by molar-refractivity contribution is 0.133. The molecule has 38 heavy (non-hydrogen) atoms. The third-order valence-corrected chi connectivity index (χ3v) is 6.96. The Labute approximate surface area is 221 Å². The van der Waals surface area contributed by atoms with Crippen LogP contribution in [0.2, 0.25) is 0 Å². The third kappa shape index (κ3) is 7.70. The second-order valence-corrected chi connectivity index (χ2v) is 10.00. The van der Waals surface area contributed by atoms with Crippen molar-refractivity contribution in [2.24, 2.45) is 0 Å². The van der Waals surface area contributed by atoms with Gasteiger partial charge in [-0.3, -0.25) is 15.6 Å². The number of likely N-dealkylation sites (tertiary alicyclic amines) is 1. The van der Waals surface area contributed by atoms with Crippen molar-refractivity contribution < 1.29 is 19.1 Å². The van der Waals surface area contributed by atoms with E-state index in [0.29, 0.717) is 18.3 Å². The average Bonchev–Trinajstić information content (AvgIpc) is 3.75. The van der Waals surface area contributed by atoms with E-state index in [-0.39, 0.29) is 24.7 Å². The highest BCUT2D eigenvalue weighted by Gasteiger charge is 2.35. The normalized spacial score (nSPS) is 21.6. The summed E-state index contributed by atoms with van der Waals surface area (Å²) in [5, 5.41) is 13.7. The molecule has 3 N–H and O–H groups in total. The Balaban J connectivity index is 0.000000417. The van der Waals surface area contributed by atoms with Crippen molar-refractivity contribution in [2.75, 3.05) is 55.8 Å². The molecule has 0 radical (unpaired) electrons. The maximum atomic E-state index is 14.7. The van der Waals surface area contributed by atoms with Crippen LogP contribution in [0.5, 0.6) is 0 Å². The number of hydrogen-bond acceptors (Lipinski definition) is 8. The number of likely N-dealkylation sites (N-methyl/N-ethyl adjacent to an activating group) is 1. The van der Waals surface area contributed by atoms with E-state index in [1.165, 1.54) is 62.8 Å². The Morgan fingerprint density at radius 1 is 1.03 bits per heavy atom. The van der Waals surface area contributed by atoms with E-state index in [4.69, 9.17) is 5.11 Å². The van der Waals surface area contributed by atoms with Crippen molar-refractivity contribution in [3.05, 3.63) is 30.4 Å². The average molecular weight is 530 g/mol. The summed E-state index contributed by atoms with van der Waals surface area (Å²) < 4.78 is 14.7. The van der Waals surface area contributed by atoms with Gasteiger partial charge in [0.05, 0.1) is 24.1 Å². The maximum absolute atomic E-state index is 14.7. The first-order valence-electron chi connectivity index (χ1n) is 13.1. The zero-order chi connectivity index (χ0) is 27.1. The van der Waals surface area contributed by atoms with Crippen LogP contribution in [0.15, 0.2) is 24.7 Å². The summed E-state index contributed by atoms with van der Waals surface area (Å²) in [7, 11) is 3.71. The predicted molar refractivity (Wildman–Crippen MR) is 141 cm³/mol. The fraction of sp³-hybridized carbons (Fsp3) is 0.600. The van der Waals surface area contributed by atoms with Crippen LogP contribution in [0.3, 0.4) is 0 Å². The van der Waals surface area contributed by atoms with Gasteiger partial charge in [0.1, 0.15) is 12.0 Å². The molecule has 2 unspecified atom stereocenters. The van der Waals surface area contributed by atoms with Gasteiger partial charge in [0.2, 0.25) is 5.95 Å². The number of aromatic nitrogens is 4. The van der Waals surface area contributed by atoms with Gasteiger partial charge >= 0.3 is 12.1 Å². The van der Waals surface area contributed by atoms with Gasteiger partial charge in [-0.15, -0.1) is 0 Å². The van der Waals surface area contributed by atoms with Crippen molar-refractivity contribution in [3.63, 3.8) is 0 Å². The Bertz CT molecular complexity index is 1080. The van der Waals surface area contributed by atoms with Gasteiger partial charge in [-0.25, -0.2) is 23.9 Å². The Kier molecular flexibility index (Phi) is 9.21. The van der Waals surface area contributed by atoms with Crippen LogP contribution in [0.25, 0.3) is 0 Å². The number of nitrogens with one attached hydrogen (secondary N) is 2. The van der Waals surface area contributed by atoms with Crippen LogP contribution in [-0.2, 0) is 0 Å². The number of rotatable bonds is 5. The van der Waals surface area contributed by atoms with Crippen LogP contribution in [-0.4, -0.2) is 99.5 Å². The first-order chi connectivity index (χ1) is 18.3. The Morgan fingerprint density at radius 3 is 2.39 bits per heavy atom. The molecule has 0 bridgehead atoms. The minimum Gasteiger partial charge on any atom is -0.465 e. The fourth-order valence-electron chi connectivity index (χ4n) is 4.52. The number of amides is 3. The molecule has 2 atom stereocenters. The van der Waals surface area contributed by atoms with Crippen LogP contribution in [0, 0.1) is 0 Å². The quantitative estimate of drug-likeness (QED) is 0.531. The number of halogens is 1. The number of alkyl halides is 1. The van der Waals surface area contributed by atoms with Crippen LogP contribution in [0.1, 0.15) is 50.1 Å². The molecule has 0 spiro atoms. The van der Waals surface area contributed by atoms with E-state index in [9.17, 15) is 14.0 Å². The predicted octanol–water partition coefficient (Wildman–Crippen LogP) is 3.42. The van der Waals surface area contributed by atoms with Crippen molar-refractivity contribution >= 4 is 29.7 Å². The molecule has 12 nitrogen and oxygen atoms in total. The summed E-state index contributed by atoms with van der Waals surface area (Å²) in [5.74, 6) is 1.15. The van der Waals surface area contributed by atoms with Crippen LogP contribution < -0.4 is 15.5 Å². The standard InChI is InChI=1S/C19H23FN8O3.C6H13N/c1-27(18(29)25-16-9-22-13(8-23-16)11-2-3-11)14-10-28(7-5-12(14)20)17-21-6-4-15(24-17)26-19(30)31;1-7-5-3-2-4-6-7/h4,6,8-9,11-12,14H,2-3,5,7,10H2,1H3,(H,30,31)(H,21,24,26)(H,23,25,29);2-6H2,1H3. The Hall–Kier alpha value is -3.61. The molecule has 1 aliphatic carbocycles. The topological polar surface area (TPSA) is 140 Å².